The Hall–Kier alpha value is -1.98. The summed E-state index contributed by atoms with van der Waals surface area (Å²) in [5, 5.41) is 19.4. The molecule has 0 spiro atoms. The molecule has 60 heavy (non-hydrogen) atoms. The number of hydrogen-bond donors (Lipinski definition) is 4. The lowest BCUT2D eigenvalue weighted by molar-refractivity contribution is -0.172. The standard InChI is InChI=1S/C42H68N2O4.C6H11NO2.C2H7N/c1-24(2)36-34(46)22-42(18-19-44-23-39(5,6)43-9)17-14-32-28(37(36)42)10-11-35-40(7)15-12-27(25(3)31(40)13-16-41(32,35)8)20-33(45)29-21-30(26(29)4)38(47)48;8-4-1-7-2-5-9-6-3-7;1-3-2/h24-32,35,43-44H,10-23H2,1-9H3,(H,47,48);4H,1-3,5-6H2;3H,1-2H3. The van der Waals surface area contributed by atoms with Gasteiger partial charge in [0, 0.05) is 49.3 Å². The first-order valence-corrected chi connectivity index (χ1v) is 24.1. The number of morpholine rings is 1. The second kappa shape index (κ2) is 20.2. The van der Waals surface area contributed by atoms with Crippen LogP contribution in [0.5, 0.6) is 0 Å². The van der Waals surface area contributed by atoms with Crippen molar-refractivity contribution in [3.63, 3.8) is 0 Å². The van der Waals surface area contributed by atoms with Crippen LogP contribution in [-0.2, 0) is 23.9 Å². The van der Waals surface area contributed by atoms with Crippen LogP contribution >= 0.6 is 0 Å². The minimum absolute atomic E-state index is 0.0257. The fourth-order valence-corrected chi connectivity index (χ4v) is 14.4. The maximum absolute atomic E-state index is 13.8. The van der Waals surface area contributed by atoms with Gasteiger partial charge in [-0.1, -0.05) is 47.1 Å². The minimum Gasteiger partial charge on any atom is -0.481 e. The van der Waals surface area contributed by atoms with E-state index in [-0.39, 0.29) is 28.7 Å². The highest BCUT2D eigenvalue weighted by Crippen LogP contribution is 2.72. The fraction of sp³-hybridized carbons (Fsp3) is 0.880. The highest BCUT2D eigenvalue weighted by atomic mass is 16.5. The summed E-state index contributed by atoms with van der Waals surface area (Å²) < 4.78 is 5.09. The van der Waals surface area contributed by atoms with Gasteiger partial charge in [-0.3, -0.25) is 19.3 Å². The monoisotopic (exact) mass is 839 g/mol. The molecule has 10 heteroatoms. The molecule has 4 N–H and O–H groups in total. The second-order valence-corrected chi connectivity index (χ2v) is 22.0. The van der Waals surface area contributed by atoms with Crippen LogP contribution in [0.1, 0.15) is 132 Å². The van der Waals surface area contributed by atoms with E-state index >= 15 is 0 Å². The molecule has 12 atom stereocenters. The molecule has 1 heterocycles. The molecule has 6 fully saturated rings. The van der Waals surface area contributed by atoms with Gasteiger partial charge in [0.1, 0.15) is 12.1 Å². The maximum Gasteiger partial charge on any atom is 0.306 e. The van der Waals surface area contributed by atoms with E-state index in [0.29, 0.717) is 83.2 Å². The number of rotatable bonds is 13. The van der Waals surface area contributed by atoms with Gasteiger partial charge in [-0.05, 0) is 169 Å². The Balaban J connectivity index is 0.000000494. The van der Waals surface area contributed by atoms with E-state index in [2.05, 4.69) is 69.3 Å². The van der Waals surface area contributed by atoms with Gasteiger partial charge in [0.2, 0.25) is 0 Å². The molecule has 1 aliphatic heterocycles. The topological polar surface area (TPSA) is 137 Å². The van der Waals surface area contributed by atoms with Crippen molar-refractivity contribution in [2.45, 2.75) is 138 Å². The number of fused-ring (bicyclic) bond motifs is 7. The van der Waals surface area contributed by atoms with E-state index in [9.17, 15) is 24.3 Å². The van der Waals surface area contributed by atoms with Crippen LogP contribution in [0.2, 0.25) is 0 Å². The van der Waals surface area contributed by atoms with Crippen LogP contribution in [0, 0.1) is 75.4 Å². The van der Waals surface area contributed by atoms with Crippen LogP contribution in [0.15, 0.2) is 11.1 Å². The molecule has 0 amide bonds. The molecule has 7 rings (SSSR count). The molecule has 6 aliphatic carbocycles. The number of nitrogens with one attached hydrogen (secondary N) is 3. The quantitative estimate of drug-likeness (QED) is 0.109. The number of carboxylic acids is 1. The van der Waals surface area contributed by atoms with Gasteiger partial charge in [0.25, 0.3) is 0 Å². The predicted molar refractivity (Wildman–Crippen MR) is 241 cm³/mol. The highest BCUT2D eigenvalue weighted by Gasteiger charge is 2.64. The number of carbonyl (C=O) groups is 4. The van der Waals surface area contributed by atoms with Crippen LogP contribution in [0.4, 0.5) is 0 Å². The first-order chi connectivity index (χ1) is 28.3. The van der Waals surface area contributed by atoms with Crippen molar-refractivity contribution in [2.24, 2.45) is 75.4 Å². The number of carbonyl (C=O) groups excluding carboxylic acids is 3. The summed E-state index contributed by atoms with van der Waals surface area (Å²) in [6, 6.07) is 0. The number of allylic oxidation sites excluding steroid dienone is 2. The number of aldehydes is 1. The molecule has 1 saturated heterocycles. The van der Waals surface area contributed by atoms with E-state index in [1.807, 2.05) is 28.1 Å². The first kappa shape index (κ1) is 49.0. The van der Waals surface area contributed by atoms with E-state index in [1.165, 1.54) is 44.1 Å². The Kier molecular flexibility index (Phi) is 16.5. The molecule has 0 bridgehead atoms. The molecule has 0 aromatic heterocycles. The Bertz CT molecular complexity index is 1540. The molecule has 7 aliphatic rings. The number of hydrogen-bond acceptors (Lipinski definition) is 9. The van der Waals surface area contributed by atoms with Gasteiger partial charge in [0.05, 0.1) is 25.7 Å². The number of carboxylic acid groups (broad SMARTS) is 1. The summed E-state index contributed by atoms with van der Waals surface area (Å²) in [5.41, 5.74) is 3.50. The van der Waals surface area contributed by atoms with E-state index in [1.54, 1.807) is 5.57 Å². The molecule has 0 aromatic rings. The van der Waals surface area contributed by atoms with Gasteiger partial charge in [-0.15, -0.1) is 0 Å². The summed E-state index contributed by atoms with van der Waals surface area (Å²) in [6.45, 7) is 24.5. The van der Waals surface area contributed by atoms with E-state index in [0.717, 1.165) is 71.4 Å². The van der Waals surface area contributed by atoms with Crippen molar-refractivity contribution in [3.8, 4) is 0 Å². The molecule has 5 saturated carbocycles. The summed E-state index contributed by atoms with van der Waals surface area (Å²) in [5.74, 6) is 3.40. The lowest BCUT2D eigenvalue weighted by atomic mass is 9.37. The minimum atomic E-state index is -0.741. The Morgan fingerprint density at radius 1 is 0.933 bits per heavy atom. The number of likely N-dealkylation sites (N-methyl/N-ethyl adjacent to an activating group) is 1. The van der Waals surface area contributed by atoms with Crippen molar-refractivity contribution in [1.29, 1.82) is 0 Å². The molecule has 12 unspecified atom stereocenters. The number of ether oxygens (including phenoxy) is 1. The third kappa shape index (κ3) is 9.88. The molecular formula is C50H86N4O6. The van der Waals surface area contributed by atoms with Gasteiger partial charge in [-0.25, -0.2) is 0 Å². The smallest absolute Gasteiger partial charge is 0.306 e. The zero-order chi connectivity index (χ0) is 44.2. The number of Topliss-reactive ketones (excluding diaryl/α,β-unsaturated/α-hetero) is 2. The average Bonchev–Trinajstić information content (AvgIpc) is 3.50. The van der Waals surface area contributed by atoms with Gasteiger partial charge < -0.3 is 30.6 Å². The molecular weight excluding hydrogens is 753 g/mol. The lowest BCUT2D eigenvalue weighted by Crippen LogP contribution is -2.60. The molecule has 0 aromatic carbocycles. The Morgan fingerprint density at radius 3 is 2.17 bits per heavy atom. The molecule has 10 nitrogen and oxygen atoms in total. The van der Waals surface area contributed by atoms with Crippen molar-refractivity contribution in [2.75, 3.05) is 67.1 Å². The first-order valence-electron chi connectivity index (χ1n) is 24.1. The third-order valence-corrected chi connectivity index (χ3v) is 17.9. The zero-order valence-electron chi connectivity index (χ0n) is 39.7. The zero-order valence-corrected chi connectivity index (χ0v) is 39.7. The van der Waals surface area contributed by atoms with E-state index in [4.69, 9.17) is 4.74 Å². The highest BCUT2D eigenvalue weighted by molar-refractivity contribution is 6.00. The van der Waals surface area contributed by atoms with Gasteiger partial charge in [0.15, 0.2) is 5.78 Å². The third-order valence-electron chi connectivity index (χ3n) is 17.9. The summed E-state index contributed by atoms with van der Waals surface area (Å²) in [4.78, 5) is 50.8. The van der Waals surface area contributed by atoms with Gasteiger partial charge >= 0.3 is 5.97 Å². The van der Waals surface area contributed by atoms with Crippen molar-refractivity contribution < 1.29 is 29.0 Å². The number of aliphatic carboxylic acids is 1. The Morgan fingerprint density at radius 2 is 1.57 bits per heavy atom. The Labute approximate surface area is 364 Å². The summed E-state index contributed by atoms with van der Waals surface area (Å²) >= 11 is 0. The van der Waals surface area contributed by atoms with Crippen molar-refractivity contribution in [1.82, 2.24) is 20.9 Å². The van der Waals surface area contributed by atoms with Crippen LogP contribution < -0.4 is 16.0 Å². The van der Waals surface area contributed by atoms with Crippen LogP contribution in [-0.4, -0.2) is 106 Å². The van der Waals surface area contributed by atoms with Crippen LogP contribution in [0.25, 0.3) is 0 Å². The average molecular weight is 839 g/mol. The number of nitrogens with zero attached hydrogens (tertiary/aromatic N) is 1. The molecule has 342 valence electrons. The fourth-order valence-electron chi connectivity index (χ4n) is 14.4. The van der Waals surface area contributed by atoms with Crippen molar-refractivity contribution >= 4 is 23.8 Å². The second-order valence-electron chi connectivity index (χ2n) is 22.0. The number of ketones is 2. The van der Waals surface area contributed by atoms with Crippen LogP contribution in [0.3, 0.4) is 0 Å². The summed E-state index contributed by atoms with van der Waals surface area (Å²) in [6.07, 6.45) is 13.7. The van der Waals surface area contributed by atoms with Crippen molar-refractivity contribution in [3.05, 3.63) is 11.1 Å². The SMILES string of the molecule is CNC.CNC(C)(C)CNCCC12CCC3C(CCC4C3(C)CCC3C(C)C(CC(=O)C5CC(C(=O)O)C5C)CCC34C)C1=C(C(C)C)C(=O)C2.O=CCN1CCOCC1. The largest absolute Gasteiger partial charge is 0.481 e. The van der Waals surface area contributed by atoms with E-state index < -0.39 is 5.97 Å². The molecule has 0 radical (unpaired) electrons. The normalized spacial score (nSPS) is 38.8. The van der Waals surface area contributed by atoms with Gasteiger partial charge in [-0.2, -0.15) is 0 Å². The lowest BCUT2D eigenvalue weighted by Gasteiger charge is -2.67. The predicted octanol–water partition coefficient (Wildman–Crippen LogP) is 7.45. The maximum atomic E-state index is 13.8. The summed E-state index contributed by atoms with van der Waals surface area (Å²) in [7, 11) is 5.78.